The largest absolute Gasteiger partial charge is 0.496 e. The maximum Gasteiger partial charge on any atom is 0.123 e. The number of rotatable bonds is 2. The molecule has 0 aromatic heterocycles. The molecule has 0 aliphatic carbocycles. The molecule has 2 nitrogen and oxygen atoms in total. The van der Waals surface area contributed by atoms with Crippen LogP contribution in [0, 0.1) is 0 Å². The van der Waals surface area contributed by atoms with Crippen LogP contribution in [0.3, 0.4) is 0 Å². The van der Waals surface area contributed by atoms with E-state index in [2.05, 4.69) is 36.7 Å². The maximum absolute atomic E-state index is 9.15. The summed E-state index contributed by atoms with van der Waals surface area (Å²) < 4.78 is 6.26. The summed E-state index contributed by atoms with van der Waals surface area (Å²) in [6, 6.07) is 3.90. The normalized spacial score (nSPS) is 11.6. The molecule has 1 aromatic carbocycles. The van der Waals surface area contributed by atoms with Crippen molar-refractivity contribution in [3.63, 3.8) is 0 Å². The lowest BCUT2D eigenvalue weighted by Crippen LogP contribution is -2.13. The van der Waals surface area contributed by atoms with Gasteiger partial charge in [0.05, 0.1) is 13.7 Å². The fraction of sp³-hybridized carbons (Fsp3) is 0.500. The molecule has 0 aliphatic heterocycles. The van der Waals surface area contributed by atoms with Crippen molar-refractivity contribution >= 4 is 15.9 Å². The van der Waals surface area contributed by atoms with Gasteiger partial charge in [-0.25, -0.2) is 0 Å². The van der Waals surface area contributed by atoms with Crippen LogP contribution < -0.4 is 4.74 Å². The van der Waals surface area contributed by atoms with Gasteiger partial charge >= 0.3 is 0 Å². The fourth-order valence-electron chi connectivity index (χ4n) is 1.47. The Bertz CT molecular complexity index is 353. The maximum atomic E-state index is 9.15. The molecule has 0 amide bonds. The topological polar surface area (TPSA) is 29.5 Å². The van der Waals surface area contributed by atoms with Gasteiger partial charge in [-0.1, -0.05) is 36.7 Å². The average Bonchev–Trinajstić information content (AvgIpc) is 2.16. The summed E-state index contributed by atoms with van der Waals surface area (Å²) in [7, 11) is 1.65. The molecule has 84 valence electrons. The third-order valence-electron chi connectivity index (χ3n) is 2.35. The Morgan fingerprint density at radius 2 is 1.93 bits per heavy atom. The number of halogens is 1. The van der Waals surface area contributed by atoms with E-state index in [0.717, 1.165) is 21.3 Å². The van der Waals surface area contributed by atoms with E-state index in [-0.39, 0.29) is 12.0 Å². The Labute approximate surface area is 99.4 Å². The van der Waals surface area contributed by atoms with Crippen molar-refractivity contribution in [2.24, 2.45) is 0 Å². The Morgan fingerprint density at radius 3 is 2.33 bits per heavy atom. The zero-order valence-corrected chi connectivity index (χ0v) is 11.2. The molecule has 0 unspecified atom stereocenters. The van der Waals surface area contributed by atoms with Crippen molar-refractivity contribution in [3.05, 3.63) is 27.7 Å². The number of methoxy groups -OCH3 is 1. The Morgan fingerprint density at radius 1 is 1.33 bits per heavy atom. The number of aliphatic hydroxyl groups excluding tert-OH is 1. The van der Waals surface area contributed by atoms with Crippen molar-refractivity contribution in [1.29, 1.82) is 0 Å². The quantitative estimate of drug-likeness (QED) is 0.896. The molecule has 3 heteroatoms. The molecule has 0 bridgehead atoms. The SMILES string of the molecule is COc1cc(CO)c(Br)cc1C(C)(C)C. The minimum Gasteiger partial charge on any atom is -0.496 e. The number of aliphatic hydroxyl groups is 1. The summed E-state index contributed by atoms with van der Waals surface area (Å²) in [5.74, 6) is 0.828. The summed E-state index contributed by atoms with van der Waals surface area (Å²) in [6.07, 6.45) is 0. The molecule has 0 aliphatic rings. The van der Waals surface area contributed by atoms with Crippen LogP contribution in [0.25, 0.3) is 0 Å². The average molecular weight is 273 g/mol. The standard InChI is InChI=1S/C12H17BrO2/c1-12(2,3)9-6-10(13)8(7-14)5-11(9)15-4/h5-6,14H,7H2,1-4H3. The zero-order valence-electron chi connectivity index (χ0n) is 9.60. The molecule has 0 saturated heterocycles. The van der Waals surface area contributed by atoms with E-state index in [1.807, 2.05) is 12.1 Å². The van der Waals surface area contributed by atoms with Crippen molar-refractivity contribution < 1.29 is 9.84 Å². The molecule has 1 rings (SSSR count). The number of ether oxygens (including phenoxy) is 1. The van der Waals surface area contributed by atoms with Gasteiger partial charge in [0.25, 0.3) is 0 Å². The molecule has 0 spiro atoms. The lowest BCUT2D eigenvalue weighted by atomic mass is 9.86. The summed E-state index contributed by atoms with van der Waals surface area (Å²) >= 11 is 3.45. The van der Waals surface area contributed by atoms with Gasteiger partial charge in [-0.2, -0.15) is 0 Å². The smallest absolute Gasteiger partial charge is 0.123 e. The van der Waals surface area contributed by atoms with Crippen LogP contribution >= 0.6 is 15.9 Å². The van der Waals surface area contributed by atoms with Gasteiger partial charge < -0.3 is 9.84 Å². The van der Waals surface area contributed by atoms with Gasteiger partial charge in [-0.05, 0) is 23.1 Å². The molecule has 0 fully saturated rings. The van der Waals surface area contributed by atoms with E-state index in [1.165, 1.54) is 0 Å². The van der Waals surface area contributed by atoms with E-state index in [1.54, 1.807) is 7.11 Å². The summed E-state index contributed by atoms with van der Waals surface area (Å²) in [6.45, 7) is 6.42. The van der Waals surface area contributed by atoms with Crippen molar-refractivity contribution in [3.8, 4) is 5.75 Å². The van der Waals surface area contributed by atoms with Gasteiger partial charge in [0, 0.05) is 10.0 Å². The third-order valence-corrected chi connectivity index (χ3v) is 3.09. The Kier molecular flexibility index (Phi) is 3.79. The van der Waals surface area contributed by atoms with Gasteiger partial charge in [0.1, 0.15) is 5.75 Å². The Balaban J connectivity index is 3.34. The van der Waals surface area contributed by atoms with E-state index in [9.17, 15) is 0 Å². The van der Waals surface area contributed by atoms with Crippen LogP contribution in [-0.4, -0.2) is 12.2 Å². The van der Waals surface area contributed by atoms with Gasteiger partial charge in [0.15, 0.2) is 0 Å². The number of hydrogen-bond acceptors (Lipinski definition) is 2. The monoisotopic (exact) mass is 272 g/mol. The second kappa shape index (κ2) is 4.54. The van der Waals surface area contributed by atoms with E-state index >= 15 is 0 Å². The highest BCUT2D eigenvalue weighted by Gasteiger charge is 2.20. The first kappa shape index (κ1) is 12.5. The minimum absolute atomic E-state index is 0.0152. The second-order valence-corrected chi connectivity index (χ2v) is 5.41. The number of hydrogen-bond donors (Lipinski definition) is 1. The fourth-order valence-corrected chi connectivity index (χ4v) is 1.94. The molecule has 0 heterocycles. The molecule has 0 atom stereocenters. The van der Waals surface area contributed by atoms with Crippen LogP contribution in [0.1, 0.15) is 31.9 Å². The summed E-state index contributed by atoms with van der Waals surface area (Å²) in [4.78, 5) is 0. The molecule has 0 saturated carbocycles. The molecule has 1 N–H and O–H groups in total. The second-order valence-electron chi connectivity index (χ2n) is 4.55. The van der Waals surface area contributed by atoms with Crippen molar-refractivity contribution in [2.75, 3.05) is 7.11 Å². The molecular formula is C12H17BrO2. The first-order valence-corrected chi connectivity index (χ1v) is 5.67. The molecular weight excluding hydrogens is 256 g/mol. The lowest BCUT2D eigenvalue weighted by Gasteiger charge is -2.23. The molecule has 15 heavy (non-hydrogen) atoms. The van der Waals surface area contributed by atoms with E-state index in [4.69, 9.17) is 9.84 Å². The first-order valence-electron chi connectivity index (χ1n) is 4.88. The van der Waals surface area contributed by atoms with Crippen molar-refractivity contribution in [1.82, 2.24) is 0 Å². The third kappa shape index (κ3) is 2.73. The first-order chi connectivity index (χ1) is 6.90. The van der Waals surface area contributed by atoms with E-state index < -0.39 is 0 Å². The van der Waals surface area contributed by atoms with Gasteiger partial charge in [0.2, 0.25) is 0 Å². The molecule has 1 aromatic rings. The van der Waals surface area contributed by atoms with E-state index in [0.29, 0.717) is 0 Å². The van der Waals surface area contributed by atoms with Crippen LogP contribution in [0.5, 0.6) is 5.75 Å². The van der Waals surface area contributed by atoms with Crippen LogP contribution in [0.2, 0.25) is 0 Å². The Hall–Kier alpha value is -0.540. The van der Waals surface area contributed by atoms with Crippen LogP contribution in [0.15, 0.2) is 16.6 Å². The minimum atomic E-state index is 0.0152. The van der Waals surface area contributed by atoms with Crippen LogP contribution in [-0.2, 0) is 12.0 Å². The highest BCUT2D eigenvalue weighted by Crippen LogP contribution is 2.35. The highest BCUT2D eigenvalue weighted by molar-refractivity contribution is 9.10. The van der Waals surface area contributed by atoms with Gasteiger partial charge in [-0.3, -0.25) is 0 Å². The highest BCUT2D eigenvalue weighted by atomic mass is 79.9. The predicted octanol–water partition coefficient (Wildman–Crippen LogP) is 3.25. The zero-order chi connectivity index (χ0) is 11.6. The van der Waals surface area contributed by atoms with Crippen LogP contribution in [0.4, 0.5) is 0 Å². The lowest BCUT2D eigenvalue weighted by molar-refractivity contribution is 0.280. The molecule has 0 radical (unpaired) electrons. The van der Waals surface area contributed by atoms with Gasteiger partial charge in [-0.15, -0.1) is 0 Å². The number of benzene rings is 1. The summed E-state index contributed by atoms with van der Waals surface area (Å²) in [5.41, 5.74) is 2.01. The summed E-state index contributed by atoms with van der Waals surface area (Å²) in [5, 5.41) is 9.15. The van der Waals surface area contributed by atoms with Crippen molar-refractivity contribution in [2.45, 2.75) is 32.8 Å². The predicted molar refractivity (Wildman–Crippen MR) is 65.3 cm³/mol.